The Balaban J connectivity index is 1.58. The number of carbonyl (C=O) groups is 2. The molecule has 2 heterocycles. The molecule has 0 unspecified atom stereocenters. The first-order chi connectivity index (χ1) is 16.0. The topological polar surface area (TPSA) is 98.1 Å². The van der Waals surface area contributed by atoms with E-state index in [1.165, 1.54) is 13.4 Å². The van der Waals surface area contributed by atoms with Crippen LogP contribution in [0.5, 0.6) is 0 Å². The van der Waals surface area contributed by atoms with Gasteiger partial charge in [0.25, 0.3) is 5.91 Å². The first kappa shape index (κ1) is 20.7. The summed E-state index contributed by atoms with van der Waals surface area (Å²) in [4.78, 5) is 33.9. The maximum absolute atomic E-state index is 12.6. The van der Waals surface area contributed by atoms with Crippen molar-refractivity contribution in [3.63, 3.8) is 0 Å². The van der Waals surface area contributed by atoms with Gasteiger partial charge in [-0.1, -0.05) is 24.3 Å². The molecule has 166 valence electrons. The van der Waals surface area contributed by atoms with Crippen LogP contribution in [0.15, 0.2) is 60.9 Å². The highest BCUT2D eigenvalue weighted by Crippen LogP contribution is 2.30. The molecule has 1 aliphatic rings. The molecular formula is C25H23N5O3. The van der Waals surface area contributed by atoms with Crippen LogP contribution in [0.25, 0.3) is 16.7 Å². The number of nitrogens with one attached hydrogen (secondary N) is 2. The molecule has 2 N–H and O–H groups in total. The first-order valence-electron chi connectivity index (χ1n) is 10.7. The quantitative estimate of drug-likeness (QED) is 0.436. The molecule has 0 atom stereocenters. The summed E-state index contributed by atoms with van der Waals surface area (Å²) in [6.07, 6.45) is 3.51. The summed E-state index contributed by atoms with van der Waals surface area (Å²) in [7, 11) is 1.35. The van der Waals surface area contributed by atoms with E-state index in [2.05, 4.69) is 20.6 Å². The lowest BCUT2D eigenvalue weighted by Gasteiger charge is -2.12. The van der Waals surface area contributed by atoms with Crippen LogP contribution in [0.2, 0.25) is 0 Å². The number of aryl methyl sites for hydroxylation is 1. The maximum atomic E-state index is 12.6. The summed E-state index contributed by atoms with van der Waals surface area (Å²) in [5, 5.41) is 7.00. The van der Waals surface area contributed by atoms with Crippen LogP contribution in [0.1, 0.15) is 39.3 Å². The molecule has 0 spiro atoms. The average molecular weight is 441 g/mol. The lowest BCUT2D eigenvalue weighted by molar-refractivity contribution is 0.0592. The molecule has 5 rings (SSSR count). The number of fused-ring (bicyclic) bond motifs is 1. The zero-order valence-corrected chi connectivity index (χ0v) is 18.3. The molecule has 0 radical (unpaired) electrons. The third-order valence-corrected chi connectivity index (χ3v) is 5.67. The van der Waals surface area contributed by atoms with E-state index in [-0.39, 0.29) is 11.9 Å². The normalized spacial score (nSPS) is 13.0. The number of rotatable bonds is 6. The highest BCUT2D eigenvalue weighted by atomic mass is 16.5. The number of aromatic nitrogens is 3. The summed E-state index contributed by atoms with van der Waals surface area (Å²) < 4.78 is 6.76. The standard InChI is InChI=1S/C25H23N5O3/c1-15-8-9-16(24(31)28-17-10-11-17)12-20(15)29-22-19-13-21(25(32)33-2)30(23(19)27-14-26-22)18-6-4-3-5-7-18/h3-9,12-14,17H,10-11H2,1-2H3,(H,28,31)(H,26,27,29). The molecule has 4 aromatic rings. The Bertz CT molecular complexity index is 1360. The number of nitrogens with zero attached hydrogens (tertiary/aromatic N) is 3. The zero-order valence-electron chi connectivity index (χ0n) is 18.3. The van der Waals surface area contributed by atoms with Gasteiger partial charge in [0.05, 0.1) is 12.5 Å². The van der Waals surface area contributed by atoms with Crippen LogP contribution in [0.4, 0.5) is 11.5 Å². The van der Waals surface area contributed by atoms with Crippen molar-refractivity contribution in [2.75, 3.05) is 12.4 Å². The number of benzene rings is 2. The third kappa shape index (κ3) is 4.03. The van der Waals surface area contributed by atoms with Gasteiger partial charge in [-0.05, 0) is 55.7 Å². The summed E-state index contributed by atoms with van der Waals surface area (Å²) in [5.41, 5.74) is 3.99. The number of hydrogen-bond donors (Lipinski definition) is 2. The number of esters is 1. The number of amides is 1. The van der Waals surface area contributed by atoms with Crippen LogP contribution < -0.4 is 10.6 Å². The number of hydrogen-bond acceptors (Lipinski definition) is 6. The van der Waals surface area contributed by atoms with Gasteiger partial charge in [-0.15, -0.1) is 0 Å². The number of ether oxygens (including phenoxy) is 1. The average Bonchev–Trinajstić information content (AvgIpc) is 3.56. The number of carbonyl (C=O) groups excluding carboxylic acids is 2. The fourth-order valence-corrected chi connectivity index (χ4v) is 3.73. The molecule has 0 bridgehead atoms. The van der Waals surface area contributed by atoms with E-state index in [0.717, 1.165) is 29.8 Å². The maximum Gasteiger partial charge on any atom is 0.355 e. The smallest absolute Gasteiger partial charge is 0.355 e. The predicted molar refractivity (Wildman–Crippen MR) is 125 cm³/mol. The first-order valence-corrected chi connectivity index (χ1v) is 10.7. The van der Waals surface area contributed by atoms with Gasteiger partial charge in [0.2, 0.25) is 0 Å². The van der Waals surface area contributed by atoms with E-state index >= 15 is 0 Å². The van der Waals surface area contributed by atoms with Gasteiger partial charge in [-0.25, -0.2) is 14.8 Å². The van der Waals surface area contributed by atoms with E-state index < -0.39 is 5.97 Å². The van der Waals surface area contributed by atoms with E-state index in [0.29, 0.717) is 28.1 Å². The third-order valence-electron chi connectivity index (χ3n) is 5.67. The number of methoxy groups -OCH3 is 1. The molecule has 2 aromatic carbocycles. The van der Waals surface area contributed by atoms with Gasteiger partial charge in [0.15, 0.2) is 5.65 Å². The molecule has 0 saturated heterocycles. The van der Waals surface area contributed by atoms with E-state index in [1.54, 1.807) is 10.6 Å². The van der Waals surface area contributed by atoms with Crippen molar-refractivity contribution in [1.29, 1.82) is 0 Å². The lowest BCUT2D eigenvalue weighted by Crippen LogP contribution is -2.25. The Morgan fingerprint density at radius 2 is 1.85 bits per heavy atom. The van der Waals surface area contributed by atoms with Crippen molar-refractivity contribution in [2.45, 2.75) is 25.8 Å². The van der Waals surface area contributed by atoms with Gasteiger partial charge >= 0.3 is 5.97 Å². The minimum Gasteiger partial charge on any atom is -0.464 e. The number of para-hydroxylation sites is 1. The van der Waals surface area contributed by atoms with Crippen molar-refractivity contribution in [3.8, 4) is 5.69 Å². The van der Waals surface area contributed by atoms with E-state index in [1.807, 2.05) is 55.5 Å². The van der Waals surface area contributed by atoms with Crippen molar-refractivity contribution in [1.82, 2.24) is 19.9 Å². The summed E-state index contributed by atoms with van der Waals surface area (Å²) in [6.45, 7) is 1.96. The van der Waals surface area contributed by atoms with Crippen LogP contribution in [0, 0.1) is 6.92 Å². The van der Waals surface area contributed by atoms with Gasteiger partial charge in [0, 0.05) is 23.0 Å². The van der Waals surface area contributed by atoms with Crippen LogP contribution >= 0.6 is 0 Å². The molecule has 33 heavy (non-hydrogen) atoms. The Hall–Kier alpha value is -4.20. The molecule has 0 aliphatic heterocycles. The second-order valence-electron chi connectivity index (χ2n) is 8.05. The van der Waals surface area contributed by atoms with Gasteiger partial charge in [0.1, 0.15) is 17.8 Å². The van der Waals surface area contributed by atoms with E-state index in [9.17, 15) is 9.59 Å². The van der Waals surface area contributed by atoms with Crippen molar-refractivity contribution in [3.05, 3.63) is 77.7 Å². The Morgan fingerprint density at radius 1 is 1.06 bits per heavy atom. The highest BCUT2D eigenvalue weighted by molar-refractivity contribution is 6.00. The second-order valence-corrected chi connectivity index (χ2v) is 8.05. The van der Waals surface area contributed by atoms with Crippen LogP contribution in [0.3, 0.4) is 0 Å². The minimum atomic E-state index is -0.474. The van der Waals surface area contributed by atoms with Crippen LogP contribution in [-0.4, -0.2) is 39.6 Å². The van der Waals surface area contributed by atoms with E-state index in [4.69, 9.17) is 4.74 Å². The predicted octanol–water partition coefficient (Wildman–Crippen LogP) is 4.15. The molecule has 8 nitrogen and oxygen atoms in total. The van der Waals surface area contributed by atoms with Crippen molar-refractivity contribution >= 4 is 34.4 Å². The van der Waals surface area contributed by atoms with Gasteiger partial charge in [-0.2, -0.15) is 0 Å². The summed E-state index contributed by atoms with van der Waals surface area (Å²) >= 11 is 0. The molecule has 8 heteroatoms. The SMILES string of the molecule is COC(=O)c1cc2c(Nc3cc(C(=O)NC4CC4)ccc3C)ncnc2n1-c1ccccc1. The molecule has 1 aliphatic carbocycles. The molecule has 1 fully saturated rings. The van der Waals surface area contributed by atoms with Gasteiger partial charge in [-0.3, -0.25) is 9.36 Å². The summed E-state index contributed by atoms with van der Waals surface area (Å²) in [6, 6.07) is 17.0. The zero-order chi connectivity index (χ0) is 22.9. The highest BCUT2D eigenvalue weighted by Gasteiger charge is 2.24. The molecular weight excluding hydrogens is 418 g/mol. The van der Waals surface area contributed by atoms with Gasteiger partial charge < -0.3 is 15.4 Å². The minimum absolute atomic E-state index is 0.0865. The van der Waals surface area contributed by atoms with Crippen molar-refractivity contribution in [2.24, 2.45) is 0 Å². The Morgan fingerprint density at radius 3 is 2.58 bits per heavy atom. The van der Waals surface area contributed by atoms with Crippen molar-refractivity contribution < 1.29 is 14.3 Å². The second kappa shape index (κ2) is 8.38. The molecule has 1 amide bonds. The Labute approximate surface area is 190 Å². The lowest BCUT2D eigenvalue weighted by atomic mass is 10.1. The fraction of sp³-hybridized carbons (Fsp3) is 0.200. The fourth-order valence-electron chi connectivity index (χ4n) is 3.73. The molecule has 1 saturated carbocycles. The van der Waals surface area contributed by atoms with Crippen LogP contribution in [-0.2, 0) is 4.74 Å². The largest absolute Gasteiger partial charge is 0.464 e. The monoisotopic (exact) mass is 441 g/mol. The Kier molecular flexibility index (Phi) is 5.26. The summed E-state index contributed by atoms with van der Waals surface area (Å²) in [5.74, 6) is -0.0306. The molecule has 2 aromatic heterocycles. The number of anilines is 2.